The van der Waals surface area contributed by atoms with Gasteiger partial charge in [-0.05, 0) is 23.1 Å². The van der Waals surface area contributed by atoms with E-state index >= 15 is 0 Å². The van der Waals surface area contributed by atoms with E-state index < -0.39 is 10.0 Å². The van der Waals surface area contributed by atoms with E-state index in [1.54, 1.807) is 18.3 Å². The van der Waals surface area contributed by atoms with Crippen LogP contribution in [0.2, 0.25) is 0 Å². The Morgan fingerprint density at radius 1 is 1.16 bits per heavy atom. The minimum atomic E-state index is -3.59. The first-order chi connectivity index (χ1) is 8.79. The highest BCUT2D eigenvalue weighted by atomic mass is 32.2. The fourth-order valence-corrected chi connectivity index (χ4v) is 2.62. The van der Waals surface area contributed by atoms with E-state index in [2.05, 4.69) is 35.5 Å². The van der Waals surface area contributed by atoms with Crippen LogP contribution in [0.4, 0.5) is 5.95 Å². The third kappa shape index (κ3) is 3.14. The number of anilines is 1. The molecular formula is C13H17N3O2S. The minimum Gasteiger partial charge on any atom is -0.330 e. The normalized spacial score (nSPS) is 12.4. The Balaban J connectivity index is 2.27. The van der Waals surface area contributed by atoms with E-state index in [1.165, 1.54) is 6.20 Å². The molecule has 0 amide bonds. The highest BCUT2D eigenvalue weighted by molar-refractivity contribution is 7.92. The number of hydrogen-bond acceptors (Lipinski definition) is 3. The Bertz CT molecular complexity index is 638. The number of aromatic nitrogens is 2. The standard InChI is InChI=1S/C13H17N3O2S/c1-13(2,3)10-4-6-11(7-5-10)19(17,18)16-12-14-8-9-15-12/h4-9H,1-3H3,(H2,14,15,16). The number of sulfonamides is 1. The van der Waals surface area contributed by atoms with Gasteiger partial charge in [-0.3, -0.25) is 0 Å². The Hall–Kier alpha value is -1.82. The summed E-state index contributed by atoms with van der Waals surface area (Å²) in [6, 6.07) is 6.87. The number of benzene rings is 1. The minimum absolute atomic E-state index is 0.00324. The third-order valence-electron chi connectivity index (χ3n) is 2.76. The molecule has 0 saturated heterocycles. The number of hydrogen-bond donors (Lipinski definition) is 2. The molecule has 0 atom stereocenters. The predicted octanol–water partition coefficient (Wildman–Crippen LogP) is 2.51. The van der Waals surface area contributed by atoms with Crippen molar-refractivity contribution in [1.82, 2.24) is 9.97 Å². The van der Waals surface area contributed by atoms with Crippen LogP contribution in [0.5, 0.6) is 0 Å². The van der Waals surface area contributed by atoms with Crippen molar-refractivity contribution in [2.24, 2.45) is 0 Å². The molecule has 2 N–H and O–H groups in total. The van der Waals surface area contributed by atoms with E-state index in [4.69, 9.17) is 0 Å². The van der Waals surface area contributed by atoms with Gasteiger partial charge in [0.2, 0.25) is 5.95 Å². The first-order valence-electron chi connectivity index (χ1n) is 5.92. The molecule has 19 heavy (non-hydrogen) atoms. The average Bonchev–Trinajstić information content (AvgIpc) is 2.80. The number of rotatable bonds is 3. The summed E-state index contributed by atoms with van der Waals surface area (Å²) in [5, 5.41) is 0. The Kier molecular flexibility index (Phi) is 3.36. The number of nitrogens with one attached hydrogen (secondary N) is 2. The van der Waals surface area contributed by atoms with E-state index in [1.807, 2.05) is 12.1 Å². The molecule has 0 saturated carbocycles. The lowest BCUT2D eigenvalue weighted by molar-refractivity contribution is 0.587. The van der Waals surface area contributed by atoms with Crippen LogP contribution in [0.3, 0.4) is 0 Å². The molecule has 2 aromatic rings. The zero-order valence-corrected chi connectivity index (χ0v) is 12.0. The van der Waals surface area contributed by atoms with E-state index in [-0.39, 0.29) is 16.3 Å². The van der Waals surface area contributed by atoms with Crippen LogP contribution in [0.1, 0.15) is 26.3 Å². The molecule has 0 aliphatic carbocycles. The molecule has 0 spiro atoms. The van der Waals surface area contributed by atoms with E-state index in [9.17, 15) is 8.42 Å². The van der Waals surface area contributed by atoms with Gasteiger partial charge >= 0.3 is 0 Å². The molecule has 1 aromatic carbocycles. The highest BCUT2D eigenvalue weighted by Gasteiger charge is 2.18. The van der Waals surface area contributed by atoms with E-state index in [0.29, 0.717) is 0 Å². The fourth-order valence-electron chi connectivity index (χ4n) is 1.64. The summed E-state index contributed by atoms with van der Waals surface area (Å²) in [7, 11) is -3.59. The molecular weight excluding hydrogens is 262 g/mol. The van der Waals surface area contributed by atoms with Gasteiger partial charge in [-0.15, -0.1) is 0 Å². The summed E-state index contributed by atoms with van der Waals surface area (Å²) in [4.78, 5) is 6.75. The fraction of sp³-hybridized carbons (Fsp3) is 0.308. The molecule has 0 radical (unpaired) electrons. The van der Waals surface area contributed by atoms with Gasteiger partial charge in [0.1, 0.15) is 0 Å². The maximum Gasteiger partial charge on any atom is 0.264 e. The van der Waals surface area contributed by atoms with Crippen molar-refractivity contribution in [2.75, 3.05) is 4.72 Å². The van der Waals surface area contributed by atoms with Crippen LogP contribution in [0, 0.1) is 0 Å². The van der Waals surface area contributed by atoms with Crippen molar-refractivity contribution < 1.29 is 8.42 Å². The number of aromatic amines is 1. The van der Waals surface area contributed by atoms with Gasteiger partial charge in [0.25, 0.3) is 10.0 Å². The predicted molar refractivity (Wildman–Crippen MR) is 74.5 cm³/mol. The summed E-state index contributed by atoms with van der Waals surface area (Å²) in [6.07, 6.45) is 3.04. The second-order valence-electron chi connectivity index (χ2n) is 5.32. The SMILES string of the molecule is CC(C)(C)c1ccc(S(=O)(=O)Nc2ncc[nH]2)cc1. The lowest BCUT2D eigenvalue weighted by Gasteiger charge is -2.19. The summed E-state index contributed by atoms with van der Waals surface area (Å²) in [5.41, 5.74) is 1.08. The molecule has 0 fully saturated rings. The van der Waals surface area contributed by atoms with Crippen LogP contribution >= 0.6 is 0 Å². The second kappa shape index (κ2) is 4.70. The van der Waals surface area contributed by atoms with Crippen molar-refractivity contribution >= 4 is 16.0 Å². The average molecular weight is 279 g/mol. The summed E-state index contributed by atoms with van der Waals surface area (Å²) in [6.45, 7) is 6.24. The number of nitrogens with zero attached hydrogens (tertiary/aromatic N) is 1. The lowest BCUT2D eigenvalue weighted by atomic mass is 9.87. The Morgan fingerprint density at radius 3 is 2.26 bits per heavy atom. The van der Waals surface area contributed by atoms with Crippen LogP contribution in [0.15, 0.2) is 41.6 Å². The van der Waals surface area contributed by atoms with Crippen LogP contribution in [-0.4, -0.2) is 18.4 Å². The number of imidazole rings is 1. The third-order valence-corrected chi connectivity index (χ3v) is 4.11. The molecule has 0 aliphatic heterocycles. The molecule has 0 bridgehead atoms. The van der Waals surface area contributed by atoms with Gasteiger partial charge < -0.3 is 4.98 Å². The van der Waals surface area contributed by atoms with Gasteiger partial charge in [0.05, 0.1) is 4.90 Å². The monoisotopic (exact) mass is 279 g/mol. The van der Waals surface area contributed by atoms with E-state index in [0.717, 1.165) is 5.56 Å². The summed E-state index contributed by atoms with van der Waals surface area (Å²) < 4.78 is 26.6. The van der Waals surface area contributed by atoms with Crippen molar-refractivity contribution in [3.63, 3.8) is 0 Å². The zero-order chi connectivity index (χ0) is 14.1. The van der Waals surface area contributed by atoms with Crippen LogP contribution < -0.4 is 4.72 Å². The molecule has 0 unspecified atom stereocenters. The maximum atomic E-state index is 12.1. The van der Waals surface area contributed by atoms with Gasteiger partial charge in [0, 0.05) is 12.4 Å². The van der Waals surface area contributed by atoms with Gasteiger partial charge in [-0.25, -0.2) is 18.1 Å². The van der Waals surface area contributed by atoms with Crippen LogP contribution in [-0.2, 0) is 15.4 Å². The lowest BCUT2D eigenvalue weighted by Crippen LogP contribution is -2.15. The molecule has 6 heteroatoms. The van der Waals surface area contributed by atoms with Crippen molar-refractivity contribution in [3.05, 3.63) is 42.2 Å². The Morgan fingerprint density at radius 2 is 1.79 bits per heavy atom. The molecule has 5 nitrogen and oxygen atoms in total. The van der Waals surface area contributed by atoms with Gasteiger partial charge in [0.15, 0.2) is 0 Å². The molecule has 102 valence electrons. The zero-order valence-electron chi connectivity index (χ0n) is 11.1. The van der Waals surface area contributed by atoms with Crippen LogP contribution in [0.25, 0.3) is 0 Å². The van der Waals surface area contributed by atoms with Crippen molar-refractivity contribution in [3.8, 4) is 0 Å². The highest BCUT2D eigenvalue weighted by Crippen LogP contribution is 2.23. The van der Waals surface area contributed by atoms with Gasteiger partial charge in [-0.1, -0.05) is 32.9 Å². The quantitative estimate of drug-likeness (QED) is 0.906. The molecule has 0 aliphatic rings. The maximum absolute atomic E-state index is 12.1. The summed E-state index contributed by atoms with van der Waals surface area (Å²) >= 11 is 0. The Labute approximate surface area is 113 Å². The largest absolute Gasteiger partial charge is 0.330 e. The first kappa shape index (κ1) is 13.6. The smallest absolute Gasteiger partial charge is 0.264 e. The van der Waals surface area contributed by atoms with Crippen molar-refractivity contribution in [2.45, 2.75) is 31.1 Å². The number of H-pyrrole nitrogens is 1. The summed E-state index contributed by atoms with van der Waals surface area (Å²) in [5.74, 6) is 0.208. The molecule has 2 rings (SSSR count). The second-order valence-corrected chi connectivity index (χ2v) is 7.00. The molecule has 1 heterocycles. The first-order valence-corrected chi connectivity index (χ1v) is 7.40. The van der Waals surface area contributed by atoms with Gasteiger partial charge in [-0.2, -0.15) is 0 Å². The van der Waals surface area contributed by atoms with Crippen molar-refractivity contribution in [1.29, 1.82) is 0 Å². The molecule has 1 aromatic heterocycles. The topological polar surface area (TPSA) is 74.8 Å².